The van der Waals surface area contributed by atoms with Crippen LogP contribution in [-0.2, 0) is 19.7 Å². The van der Waals surface area contributed by atoms with Gasteiger partial charge < -0.3 is 4.98 Å². The molecule has 14 nitrogen and oxygen atoms in total. The average molecular weight is 1430 g/mol. The zero-order valence-corrected chi connectivity index (χ0v) is 56.8. The van der Waals surface area contributed by atoms with E-state index in [1.165, 1.54) is 89.5 Å². The molecule has 2 aliphatic rings. The predicted molar refractivity (Wildman–Crippen MR) is 449 cm³/mol. The second kappa shape index (κ2) is 49.2. The third kappa shape index (κ3) is 33.7. The van der Waals surface area contributed by atoms with E-state index in [4.69, 9.17) is 0 Å². The molecule has 4 aromatic heterocycles. The molecule has 4 N–H and O–H groups in total. The summed E-state index contributed by atoms with van der Waals surface area (Å²) in [6, 6.07) is 78.5. The minimum atomic E-state index is -3.02. The van der Waals surface area contributed by atoms with Crippen LogP contribution in [0.15, 0.2) is 248 Å². The Morgan fingerprint density at radius 3 is 1.34 bits per heavy atom. The summed E-state index contributed by atoms with van der Waals surface area (Å²) in [6.45, 7) is 18.0. The Bertz CT molecular complexity index is 4520. The number of nitrogens with one attached hydrogen (secondary N) is 4. The standard InChI is InChI=1S/C21H16.C15H14.C11H10.C8H10O2S.C7H7N3.C5H7N.C5H10O2S.C4H6N2.C2H4N4.9CH4/c1-15-10-12-16(13-11-15)14-21-19-8-4-2-6-17(19)18-7-3-5-9-20(18)21;1-13-7-9-15(10-8-13)12-11-14-5-3-2-4-6-14;1-9-6-7-10-4-2-3-5-11(10)8-9;1-7-3-5-8(6-4-7)11(2,9)10;1-5-2-3-6-7(4-5)9-10-8-6;1-5-3-2-4-6-5;1-5-2-3-8(6,7)4-5;1-4-2-3-5-6-4;1-2-3-5-6-4-2;;;;;;;;;/h2-14H,1H3;2-12H,1H3;2-8H,1H3;3-6H,1-2H3;2-4H,1H3,(H,8,9,10);2-4,6H,1H3;5H,2-4H2,1H3;2-3H,1H3,(H,5,6);1H3,(H,3,4,5,6);9*1H4/b;12-11+;;;;;;;;;;;;;;;;. The highest BCUT2D eigenvalue weighted by Gasteiger charge is 2.24. The maximum absolute atomic E-state index is 10.9. The Hall–Kier alpha value is -10.4. The van der Waals surface area contributed by atoms with Crippen LogP contribution in [0.1, 0.15) is 153 Å². The summed E-state index contributed by atoms with van der Waals surface area (Å²) in [5.41, 5.74) is 20.8. The molecule has 9 aromatic carbocycles. The first kappa shape index (κ1) is 96.8. The van der Waals surface area contributed by atoms with Gasteiger partial charge in [-0.2, -0.15) is 25.7 Å². The van der Waals surface area contributed by atoms with Crippen molar-refractivity contribution in [2.24, 2.45) is 5.92 Å². The number of sulfone groups is 2. The van der Waals surface area contributed by atoms with Crippen molar-refractivity contribution in [3.05, 3.63) is 316 Å². The Morgan fingerprint density at radius 1 is 0.447 bits per heavy atom. The molecule has 1 atom stereocenters. The summed E-state index contributed by atoms with van der Waals surface area (Å²) >= 11 is 0. The lowest BCUT2D eigenvalue weighted by Crippen LogP contribution is -2.01. The first-order chi connectivity index (χ1) is 45.2. The van der Waals surface area contributed by atoms with Crippen molar-refractivity contribution in [3.8, 4) is 11.1 Å². The summed E-state index contributed by atoms with van der Waals surface area (Å²) in [7, 11) is -5.62. The summed E-state index contributed by atoms with van der Waals surface area (Å²) in [4.78, 5) is 3.38. The van der Waals surface area contributed by atoms with Crippen LogP contribution >= 0.6 is 0 Å². The topological polar surface area (TPSA) is 209 Å². The normalized spacial score (nSPS) is 11.6. The second-order valence-electron chi connectivity index (χ2n) is 23.0. The van der Waals surface area contributed by atoms with Crippen molar-refractivity contribution in [2.75, 3.05) is 17.8 Å². The molecule has 0 amide bonds. The fraction of sp³-hybridized carbons (Fsp3) is 0.264. The smallest absolute Gasteiger partial charge is 0.175 e. The van der Waals surface area contributed by atoms with Crippen LogP contribution in [0.4, 0.5) is 0 Å². The van der Waals surface area contributed by atoms with Gasteiger partial charge in [-0.1, -0.05) is 301 Å². The monoisotopic (exact) mass is 1430 g/mol. The maximum Gasteiger partial charge on any atom is 0.175 e. The summed E-state index contributed by atoms with van der Waals surface area (Å²) in [5.74, 6) is 1.90. The number of rotatable bonds is 4. The number of aryl methyl sites for hydroxylation is 8. The van der Waals surface area contributed by atoms with Gasteiger partial charge in [0.05, 0.1) is 16.4 Å². The molecule has 5 heterocycles. The summed E-state index contributed by atoms with van der Waals surface area (Å²) < 4.78 is 43.2. The molecule has 0 bridgehead atoms. The summed E-state index contributed by atoms with van der Waals surface area (Å²) in [6.07, 6.45) is 12.3. The lowest BCUT2D eigenvalue weighted by Gasteiger charge is -2.03. The highest BCUT2D eigenvalue weighted by atomic mass is 32.2. The molecule has 554 valence electrons. The number of hydrogen-bond donors (Lipinski definition) is 4. The third-order valence-electron chi connectivity index (χ3n) is 14.6. The number of aromatic nitrogens is 10. The largest absolute Gasteiger partial charge is 0.365 e. The molecule has 13 aromatic rings. The molecular weight excluding hydrogens is 1310 g/mol. The molecule has 103 heavy (non-hydrogen) atoms. The lowest BCUT2D eigenvalue weighted by molar-refractivity contribution is 0.598. The highest BCUT2D eigenvalue weighted by Crippen LogP contribution is 2.44. The Balaban J connectivity index is -0.00000111. The van der Waals surface area contributed by atoms with Crippen LogP contribution < -0.4 is 0 Å². The van der Waals surface area contributed by atoms with Gasteiger partial charge in [-0.05, 0) is 177 Å². The minimum absolute atomic E-state index is 0. The minimum Gasteiger partial charge on any atom is -0.365 e. The lowest BCUT2D eigenvalue weighted by atomic mass is 10.0. The molecule has 0 radical (unpaired) electrons. The first-order valence-electron chi connectivity index (χ1n) is 30.9. The predicted octanol–water partition coefficient (Wildman–Crippen LogP) is 23.3. The van der Waals surface area contributed by atoms with Crippen LogP contribution in [-0.4, -0.2) is 85.8 Å². The number of benzene rings is 9. The molecule has 1 fully saturated rings. The number of H-pyrrole nitrogens is 4. The fourth-order valence-corrected chi connectivity index (χ4v) is 12.0. The van der Waals surface area contributed by atoms with E-state index in [1.54, 1.807) is 37.4 Å². The van der Waals surface area contributed by atoms with Crippen molar-refractivity contribution in [3.63, 3.8) is 0 Å². The van der Waals surface area contributed by atoms with Gasteiger partial charge in [0.25, 0.3) is 0 Å². The quantitative estimate of drug-likeness (QED) is 0.123. The third-order valence-corrected chi connectivity index (χ3v) is 17.7. The van der Waals surface area contributed by atoms with E-state index in [0.717, 1.165) is 28.7 Å². The van der Waals surface area contributed by atoms with E-state index in [-0.39, 0.29) is 66.8 Å². The Labute approximate surface area is 620 Å². The molecule has 1 aliphatic carbocycles. The van der Waals surface area contributed by atoms with Crippen LogP contribution in [0.2, 0.25) is 0 Å². The molecule has 0 saturated carbocycles. The van der Waals surface area contributed by atoms with Gasteiger partial charge in [-0.15, -0.1) is 10.2 Å². The van der Waals surface area contributed by atoms with Crippen molar-refractivity contribution >= 4 is 65.3 Å². The van der Waals surface area contributed by atoms with Crippen LogP contribution in [0.25, 0.3) is 56.7 Å². The van der Waals surface area contributed by atoms with Crippen molar-refractivity contribution in [1.82, 2.24) is 51.2 Å². The fourth-order valence-electron chi connectivity index (χ4n) is 9.45. The SMILES string of the molecule is C.C.C.C.C.C.C.C.C.CC1CCS(=O)(=O)C1.Cc1ccc(/C=C/c2ccccc2)cc1.Cc1ccc(C=C2c3ccccc3-c3ccccc32)cc1.Cc1ccc(S(C)(=O)=O)cc1.Cc1ccc2ccccc2c1.Cc1ccc2n[nH]nc2c1.Cc1ccc[nH]1.Cc1ccn[nH]1.Cc1nn[nH]n1. The first-order valence-corrected chi connectivity index (χ1v) is 34.6. The zero-order chi connectivity index (χ0) is 67.3. The van der Waals surface area contributed by atoms with Gasteiger partial charge in [-0.25, -0.2) is 16.8 Å². The molecular formula is C87H120N10O4S2. The number of aromatic amines is 4. The van der Waals surface area contributed by atoms with E-state index >= 15 is 0 Å². The van der Waals surface area contributed by atoms with E-state index < -0.39 is 19.7 Å². The summed E-state index contributed by atoms with van der Waals surface area (Å²) in [5, 5.41) is 32.2. The number of nitrogens with zero attached hydrogens (tertiary/aromatic N) is 6. The van der Waals surface area contributed by atoms with Gasteiger partial charge in [0, 0.05) is 30.0 Å². The Kier molecular flexibility index (Phi) is 46.2. The number of tetrazole rings is 1. The van der Waals surface area contributed by atoms with Crippen LogP contribution in [0.5, 0.6) is 0 Å². The van der Waals surface area contributed by atoms with Crippen molar-refractivity contribution < 1.29 is 16.8 Å². The molecule has 1 unspecified atom stereocenters. The molecule has 1 saturated heterocycles. The van der Waals surface area contributed by atoms with Gasteiger partial charge in [0.15, 0.2) is 25.5 Å². The van der Waals surface area contributed by atoms with Gasteiger partial charge in [0.2, 0.25) is 0 Å². The van der Waals surface area contributed by atoms with E-state index in [2.05, 4.69) is 254 Å². The van der Waals surface area contributed by atoms with E-state index in [1.807, 2.05) is 83.3 Å². The van der Waals surface area contributed by atoms with Gasteiger partial charge >= 0.3 is 0 Å². The van der Waals surface area contributed by atoms with Crippen molar-refractivity contribution in [2.45, 2.75) is 140 Å². The molecule has 16 heteroatoms. The number of fused-ring (bicyclic) bond motifs is 5. The molecule has 0 spiro atoms. The molecule has 15 rings (SSSR count). The van der Waals surface area contributed by atoms with E-state index in [0.29, 0.717) is 28.1 Å². The molecule has 1 aliphatic heterocycles. The number of hydrogen-bond acceptors (Lipinski definition) is 10. The average Bonchev–Trinajstić information content (AvgIpc) is 1.62. The van der Waals surface area contributed by atoms with Gasteiger partial charge in [-0.3, -0.25) is 5.10 Å². The maximum atomic E-state index is 10.9. The van der Waals surface area contributed by atoms with E-state index in [9.17, 15) is 16.8 Å². The Morgan fingerprint density at radius 2 is 0.922 bits per heavy atom. The highest BCUT2D eigenvalue weighted by molar-refractivity contribution is 7.91. The van der Waals surface area contributed by atoms with Gasteiger partial charge in [0.1, 0.15) is 11.0 Å². The zero-order valence-electron chi connectivity index (χ0n) is 55.2. The van der Waals surface area contributed by atoms with Crippen molar-refractivity contribution in [1.29, 1.82) is 0 Å². The second-order valence-corrected chi connectivity index (χ2v) is 27.3. The van der Waals surface area contributed by atoms with Crippen LogP contribution in [0.3, 0.4) is 0 Å². The van der Waals surface area contributed by atoms with Crippen LogP contribution in [0, 0.1) is 61.3 Å².